The van der Waals surface area contributed by atoms with Crippen molar-refractivity contribution in [2.45, 2.75) is 6.42 Å². The van der Waals surface area contributed by atoms with Gasteiger partial charge in [0.2, 0.25) is 0 Å². The van der Waals surface area contributed by atoms with Crippen molar-refractivity contribution in [1.82, 2.24) is 20.1 Å². The molecule has 0 bridgehead atoms. The second kappa shape index (κ2) is 9.85. The molecule has 1 N–H and O–H groups in total. The summed E-state index contributed by atoms with van der Waals surface area (Å²) in [5.41, 5.74) is 3.43. The Morgan fingerprint density at radius 2 is 1.84 bits per heavy atom. The number of nitrogens with zero attached hydrogens (tertiary/aromatic N) is 3. The molecule has 6 nitrogen and oxygen atoms in total. The van der Waals surface area contributed by atoms with E-state index in [1.807, 2.05) is 42.5 Å². The number of hydrogen-bond donors (Lipinski definition) is 1. The third-order valence-electron chi connectivity index (χ3n) is 4.87. The summed E-state index contributed by atoms with van der Waals surface area (Å²) in [6.45, 7) is 0.445. The quantitative estimate of drug-likeness (QED) is 0.405. The van der Waals surface area contributed by atoms with Gasteiger partial charge in [-0.3, -0.25) is 9.78 Å². The molecule has 0 saturated carbocycles. The second-order valence-electron chi connectivity index (χ2n) is 6.98. The summed E-state index contributed by atoms with van der Waals surface area (Å²) in [5, 5.41) is 8.42. The van der Waals surface area contributed by atoms with Crippen LogP contribution in [0.25, 0.3) is 16.9 Å². The zero-order valence-electron chi connectivity index (χ0n) is 17.3. The van der Waals surface area contributed by atoms with Crippen molar-refractivity contribution in [1.29, 1.82) is 0 Å². The maximum atomic E-state index is 13.1. The minimum Gasteiger partial charge on any atom is -0.497 e. The molecule has 0 atom stereocenters. The molecule has 4 aromatic rings. The highest BCUT2D eigenvalue weighted by Crippen LogP contribution is 2.27. The highest BCUT2D eigenvalue weighted by molar-refractivity contribution is 6.42. The van der Waals surface area contributed by atoms with Crippen LogP contribution in [0.3, 0.4) is 0 Å². The number of pyridine rings is 1. The van der Waals surface area contributed by atoms with E-state index in [0.29, 0.717) is 40.1 Å². The summed E-state index contributed by atoms with van der Waals surface area (Å²) in [6, 6.07) is 20.1. The van der Waals surface area contributed by atoms with Gasteiger partial charge in [-0.1, -0.05) is 29.3 Å². The molecule has 0 aliphatic heterocycles. The van der Waals surface area contributed by atoms with Gasteiger partial charge < -0.3 is 10.1 Å². The number of hydrogen-bond acceptors (Lipinski definition) is 4. The van der Waals surface area contributed by atoms with Crippen molar-refractivity contribution in [3.63, 3.8) is 0 Å². The number of ether oxygens (including phenoxy) is 1. The molecule has 1 amide bonds. The van der Waals surface area contributed by atoms with Crippen LogP contribution in [0.5, 0.6) is 5.75 Å². The van der Waals surface area contributed by atoms with Crippen LogP contribution < -0.4 is 10.1 Å². The minimum absolute atomic E-state index is 0.251. The SMILES string of the molecule is COc1ccc(-c2cc(C(=O)NCCc3ccccn3)n(-c3ccc(Cl)c(Cl)c3)n2)cc1. The van der Waals surface area contributed by atoms with E-state index in [9.17, 15) is 4.79 Å². The van der Waals surface area contributed by atoms with Crippen LogP contribution in [0.1, 0.15) is 16.2 Å². The molecule has 0 aliphatic carbocycles. The number of halogens is 2. The van der Waals surface area contributed by atoms with Crippen LogP contribution in [-0.2, 0) is 6.42 Å². The average Bonchev–Trinajstić information content (AvgIpc) is 3.27. The number of nitrogens with one attached hydrogen (secondary N) is 1. The van der Waals surface area contributed by atoms with E-state index in [4.69, 9.17) is 27.9 Å². The van der Waals surface area contributed by atoms with Crippen LogP contribution in [0.4, 0.5) is 0 Å². The van der Waals surface area contributed by atoms with Crippen LogP contribution >= 0.6 is 23.2 Å². The van der Waals surface area contributed by atoms with Gasteiger partial charge in [0.1, 0.15) is 11.4 Å². The number of amides is 1. The number of benzene rings is 2. The van der Waals surface area contributed by atoms with Crippen LogP contribution in [0.2, 0.25) is 10.0 Å². The first-order valence-corrected chi connectivity index (χ1v) is 10.7. The van der Waals surface area contributed by atoms with E-state index < -0.39 is 0 Å². The summed E-state index contributed by atoms with van der Waals surface area (Å²) in [7, 11) is 1.61. The highest BCUT2D eigenvalue weighted by Gasteiger charge is 2.18. The first-order chi connectivity index (χ1) is 15.5. The third kappa shape index (κ3) is 4.93. The average molecular weight is 467 g/mol. The molecule has 0 unspecified atom stereocenters. The highest BCUT2D eigenvalue weighted by atomic mass is 35.5. The molecular weight excluding hydrogens is 447 g/mol. The van der Waals surface area contributed by atoms with Gasteiger partial charge in [-0.25, -0.2) is 4.68 Å². The maximum absolute atomic E-state index is 13.1. The van der Waals surface area contributed by atoms with Gasteiger partial charge in [0.15, 0.2) is 0 Å². The lowest BCUT2D eigenvalue weighted by Gasteiger charge is -2.09. The van der Waals surface area contributed by atoms with E-state index in [2.05, 4.69) is 15.4 Å². The van der Waals surface area contributed by atoms with E-state index in [0.717, 1.165) is 17.0 Å². The molecular formula is C24H20Cl2N4O2. The lowest BCUT2D eigenvalue weighted by atomic mass is 10.1. The van der Waals surface area contributed by atoms with Crippen molar-refractivity contribution < 1.29 is 9.53 Å². The number of carbonyl (C=O) groups excluding carboxylic acids is 1. The van der Waals surface area contributed by atoms with Gasteiger partial charge in [0, 0.05) is 30.4 Å². The predicted octanol–water partition coefficient (Wildman–Crippen LogP) is 5.22. The van der Waals surface area contributed by atoms with Gasteiger partial charge in [-0.05, 0) is 60.7 Å². The number of methoxy groups -OCH3 is 1. The molecule has 2 aromatic carbocycles. The maximum Gasteiger partial charge on any atom is 0.270 e. The summed E-state index contributed by atoms with van der Waals surface area (Å²) in [5.74, 6) is 0.490. The van der Waals surface area contributed by atoms with E-state index in [1.54, 1.807) is 42.3 Å². The standard InChI is InChI=1S/C24H20Cl2N4O2/c1-32-19-8-5-16(6-9-19)22-15-23(24(31)28-13-11-17-4-2-3-12-27-17)30(29-22)18-7-10-20(25)21(26)14-18/h2-10,12,14-15H,11,13H2,1H3,(H,28,31). The topological polar surface area (TPSA) is 69.0 Å². The van der Waals surface area contributed by atoms with Gasteiger partial charge in [-0.2, -0.15) is 5.10 Å². The second-order valence-corrected chi connectivity index (χ2v) is 7.79. The minimum atomic E-state index is -0.251. The fourth-order valence-electron chi connectivity index (χ4n) is 3.20. The van der Waals surface area contributed by atoms with E-state index >= 15 is 0 Å². The van der Waals surface area contributed by atoms with Gasteiger partial charge in [0.25, 0.3) is 5.91 Å². The molecule has 2 aromatic heterocycles. The molecule has 32 heavy (non-hydrogen) atoms. The number of aromatic nitrogens is 3. The Hall–Kier alpha value is -3.35. The fourth-order valence-corrected chi connectivity index (χ4v) is 3.49. The van der Waals surface area contributed by atoms with Gasteiger partial charge in [-0.15, -0.1) is 0 Å². The molecule has 0 aliphatic rings. The lowest BCUT2D eigenvalue weighted by Crippen LogP contribution is -2.28. The van der Waals surface area contributed by atoms with E-state index in [-0.39, 0.29) is 5.91 Å². The van der Waals surface area contributed by atoms with Crippen molar-refractivity contribution in [3.8, 4) is 22.7 Å². The van der Waals surface area contributed by atoms with Crippen LogP contribution in [0.15, 0.2) is 72.9 Å². The van der Waals surface area contributed by atoms with Crippen LogP contribution in [-0.4, -0.2) is 34.3 Å². The van der Waals surface area contributed by atoms with Crippen molar-refractivity contribution in [3.05, 3.63) is 94.4 Å². The lowest BCUT2D eigenvalue weighted by molar-refractivity contribution is 0.0946. The van der Waals surface area contributed by atoms with Crippen molar-refractivity contribution >= 4 is 29.1 Å². The molecule has 0 fully saturated rings. The summed E-state index contributed by atoms with van der Waals surface area (Å²) in [4.78, 5) is 17.3. The normalized spacial score (nSPS) is 10.7. The first kappa shape index (κ1) is 21.9. The Kier molecular flexibility index (Phi) is 6.73. The smallest absolute Gasteiger partial charge is 0.270 e. The largest absolute Gasteiger partial charge is 0.497 e. The number of carbonyl (C=O) groups is 1. The Labute approximate surface area is 195 Å². The Bertz CT molecular complexity index is 1220. The molecule has 0 saturated heterocycles. The molecule has 0 spiro atoms. The first-order valence-electron chi connectivity index (χ1n) is 9.93. The monoisotopic (exact) mass is 466 g/mol. The zero-order chi connectivity index (χ0) is 22.5. The summed E-state index contributed by atoms with van der Waals surface area (Å²) < 4.78 is 6.79. The Morgan fingerprint density at radius 1 is 1.03 bits per heavy atom. The van der Waals surface area contributed by atoms with E-state index in [1.165, 1.54) is 0 Å². The van der Waals surface area contributed by atoms with Gasteiger partial charge in [0.05, 0.1) is 28.5 Å². The third-order valence-corrected chi connectivity index (χ3v) is 5.61. The number of rotatable bonds is 7. The summed E-state index contributed by atoms with van der Waals surface area (Å²) >= 11 is 12.3. The molecule has 8 heteroatoms. The predicted molar refractivity (Wildman–Crippen MR) is 126 cm³/mol. The zero-order valence-corrected chi connectivity index (χ0v) is 18.8. The Morgan fingerprint density at radius 3 is 2.53 bits per heavy atom. The molecule has 2 heterocycles. The van der Waals surface area contributed by atoms with Crippen LogP contribution in [0, 0.1) is 0 Å². The van der Waals surface area contributed by atoms with Gasteiger partial charge >= 0.3 is 0 Å². The molecule has 162 valence electrons. The van der Waals surface area contributed by atoms with Crippen molar-refractivity contribution in [2.75, 3.05) is 13.7 Å². The van der Waals surface area contributed by atoms with Crippen molar-refractivity contribution in [2.24, 2.45) is 0 Å². The molecule has 4 rings (SSSR count). The summed E-state index contributed by atoms with van der Waals surface area (Å²) in [6.07, 6.45) is 2.36. The fraction of sp³-hybridized carbons (Fsp3) is 0.125. The molecule has 0 radical (unpaired) electrons. The Balaban J connectivity index is 1.64.